The minimum atomic E-state index is -1.26. The number of ketones is 1. The van der Waals surface area contributed by atoms with Crippen LogP contribution in [0.4, 0.5) is 5.82 Å². The van der Waals surface area contributed by atoms with Crippen molar-refractivity contribution in [3.05, 3.63) is 18.1 Å². The molecule has 0 spiro atoms. The maximum Gasteiger partial charge on any atom is 0.228 e. The van der Waals surface area contributed by atoms with E-state index < -0.39 is 24.5 Å². The normalized spacial score (nSPS) is 24.5. The summed E-state index contributed by atoms with van der Waals surface area (Å²) in [6.45, 7) is 11.9. The lowest BCUT2D eigenvalue weighted by molar-refractivity contribution is -0.122. The summed E-state index contributed by atoms with van der Waals surface area (Å²) in [6.07, 6.45) is 0.196. The Labute approximate surface area is 206 Å². The SMILES string of the molecule is CCC(C)C(CC(C)(C)C)C(=O)Nc1ncnc2c1c(C(C)=O)cn2[C@@H]1O[C@H](COC)C(O)[C@@H]1O. The molecular formula is C25H38N4O6. The number of Topliss-reactive ketones (excluding diaryl/α,β-unsaturated/α-hetero) is 1. The van der Waals surface area contributed by atoms with Crippen LogP contribution >= 0.6 is 0 Å². The number of carbonyl (C=O) groups is 2. The van der Waals surface area contributed by atoms with Crippen LogP contribution in [0.5, 0.6) is 0 Å². The molecule has 2 aromatic heterocycles. The predicted molar refractivity (Wildman–Crippen MR) is 131 cm³/mol. The molecule has 3 N–H and O–H groups in total. The summed E-state index contributed by atoms with van der Waals surface area (Å²) in [7, 11) is 1.48. The van der Waals surface area contributed by atoms with Crippen LogP contribution in [0.15, 0.2) is 12.5 Å². The molecule has 10 heteroatoms. The molecule has 1 saturated heterocycles. The van der Waals surface area contributed by atoms with Gasteiger partial charge in [-0.2, -0.15) is 0 Å². The number of ether oxygens (including phenoxy) is 2. The van der Waals surface area contributed by atoms with Gasteiger partial charge < -0.3 is 29.6 Å². The summed E-state index contributed by atoms with van der Waals surface area (Å²) >= 11 is 0. The fraction of sp³-hybridized carbons (Fsp3) is 0.680. The van der Waals surface area contributed by atoms with Gasteiger partial charge in [-0.1, -0.05) is 41.0 Å². The van der Waals surface area contributed by atoms with Crippen LogP contribution in [0.3, 0.4) is 0 Å². The van der Waals surface area contributed by atoms with Crippen molar-refractivity contribution in [2.45, 2.75) is 78.9 Å². The second-order valence-electron chi connectivity index (χ2n) is 10.7. The molecule has 0 aromatic carbocycles. The van der Waals surface area contributed by atoms with Crippen LogP contribution in [0.2, 0.25) is 0 Å². The lowest BCUT2D eigenvalue weighted by Gasteiger charge is -2.29. The molecule has 0 saturated carbocycles. The van der Waals surface area contributed by atoms with Crippen LogP contribution in [-0.4, -0.2) is 68.5 Å². The van der Waals surface area contributed by atoms with E-state index in [1.54, 1.807) is 0 Å². The van der Waals surface area contributed by atoms with Crippen LogP contribution < -0.4 is 5.32 Å². The Hall–Kier alpha value is -2.40. The molecule has 1 aliphatic heterocycles. The lowest BCUT2D eigenvalue weighted by atomic mass is 9.78. The first kappa shape index (κ1) is 27.2. The molecule has 3 rings (SSSR count). The number of aromatic nitrogens is 3. The quantitative estimate of drug-likeness (QED) is 0.457. The molecule has 2 aromatic rings. The number of fused-ring (bicyclic) bond motifs is 1. The summed E-state index contributed by atoms with van der Waals surface area (Å²) < 4.78 is 12.4. The first-order valence-corrected chi connectivity index (χ1v) is 12.1. The second-order valence-corrected chi connectivity index (χ2v) is 10.7. The Balaban J connectivity index is 2.03. The Morgan fingerprint density at radius 2 is 1.94 bits per heavy atom. The van der Waals surface area contributed by atoms with Crippen LogP contribution in [-0.2, 0) is 14.3 Å². The topological polar surface area (TPSA) is 136 Å². The summed E-state index contributed by atoms with van der Waals surface area (Å²) in [6, 6.07) is 0. The number of nitrogens with one attached hydrogen (secondary N) is 1. The molecule has 35 heavy (non-hydrogen) atoms. The number of methoxy groups -OCH3 is 1. The van der Waals surface area contributed by atoms with Gasteiger partial charge in [0.25, 0.3) is 0 Å². The zero-order valence-corrected chi connectivity index (χ0v) is 21.6. The highest BCUT2D eigenvalue weighted by atomic mass is 16.6. The molecule has 6 atom stereocenters. The number of hydrogen-bond acceptors (Lipinski definition) is 8. The molecule has 0 bridgehead atoms. The molecule has 3 heterocycles. The summed E-state index contributed by atoms with van der Waals surface area (Å²) in [4.78, 5) is 34.6. The van der Waals surface area contributed by atoms with Crippen molar-refractivity contribution < 1.29 is 29.3 Å². The number of aliphatic hydroxyl groups is 2. The first-order chi connectivity index (χ1) is 16.4. The molecule has 0 radical (unpaired) electrons. The molecule has 0 aliphatic carbocycles. The van der Waals surface area contributed by atoms with E-state index >= 15 is 0 Å². The highest BCUT2D eigenvalue weighted by Gasteiger charge is 2.44. The van der Waals surface area contributed by atoms with Gasteiger partial charge in [-0.25, -0.2) is 9.97 Å². The fourth-order valence-electron chi connectivity index (χ4n) is 4.61. The van der Waals surface area contributed by atoms with E-state index in [2.05, 4.69) is 49.9 Å². The summed E-state index contributed by atoms with van der Waals surface area (Å²) in [5.74, 6) is -0.270. The van der Waals surface area contributed by atoms with Crippen LogP contribution in [0.1, 0.15) is 71.0 Å². The van der Waals surface area contributed by atoms with Gasteiger partial charge in [-0.05, 0) is 24.7 Å². The molecule has 1 aliphatic rings. The highest BCUT2D eigenvalue weighted by Crippen LogP contribution is 2.36. The van der Waals surface area contributed by atoms with Crippen molar-refractivity contribution in [3.63, 3.8) is 0 Å². The highest BCUT2D eigenvalue weighted by molar-refractivity contribution is 6.12. The minimum absolute atomic E-state index is 0.0458. The molecule has 1 amide bonds. The van der Waals surface area contributed by atoms with Crippen molar-refractivity contribution in [1.29, 1.82) is 0 Å². The Morgan fingerprint density at radius 3 is 2.51 bits per heavy atom. The third-order valence-corrected chi connectivity index (χ3v) is 6.67. The second kappa shape index (κ2) is 10.7. The van der Waals surface area contributed by atoms with Crippen molar-refractivity contribution in [3.8, 4) is 0 Å². The van der Waals surface area contributed by atoms with Crippen molar-refractivity contribution in [2.75, 3.05) is 19.0 Å². The number of hydrogen-bond donors (Lipinski definition) is 3. The zero-order chi connectivity index (χ0) is 26.1. The predicted octanol–water partition coefficient (Wildman–Crippen LogP) is 2.94. The molecule has 1 fully saturated rings. The molecule has 10 nitrogen and oxygen atoms in total. The Kier molecular flexibility index (Phi) is 8.31. The average Bonchev–Trinajstić information content (AvgIpc) is 3.30. The third kappa shape index (κ3) is 5.72. The van der Waals surface area contributed by atoms with Gasteiger partial charge >= 0.3 is 0 Å². The van der Waals surface area contributed by atoms with Gasteiger partial charge in [0.2, 0.25) is 5.91 Å². The van der Waals surface area contributed by atoms with E-state index in [1.807, 2.05) is 0 Å². The van der Waals surface area contributed by atoms with Gasteiger partial charge in [0.1, 0.15) is 36.1 Å². The largest absolute Gasteiger partial charge is 0.387 e. The standard InChI is InChI=1S/C25H38N4O6/c1-8-13(2)15(9-25(4,5)6)23(33)28-21-18-16(14(3)30)10-29(22(18)27-12-26-21)24-20(32)19(31)17(35-24)11-34-7/h10,12-13,15,17,19-20,24,31-32H,8-9,11H2,1-7H3,(H,26,27,28,33)/t13?,15?,17-,19?,20+,24-/m1/s1. The fourth-order valence-corrected chi connectivity index (χ4v) is 4.61. The minimum Gasteiger partial charge on any atom is -0.387 e. The number of nitrogens with zero attached hydrogens (tertiary/aromatic N) is 3. The maximum absolute atomic E-state index is 13.4. The Morgan fingerprint density at radius 1 is 1.26 bits per heavy atom. The number of carbonyl (C=O) groups excluding carboxylic acids is 2. The van der Waals surface area contributed by atoms with E-state index in [0.717, 1.165) is 6.42 Å². The monoisotopic (exact) mass is 490 g/mol. The molecule has 3 unspecified atom stereocenters. The van der Waals surface area contributed by atoms with Gasteiger partial charge in [0.05, 0.1) is 12.0 Å². The third-order valence-electron chi connectivity index (χ3n) is 6.67. The van der Waals surface area contributed by atoms with Gasteiger partial charge in [0, 0.05) is 24.8 Å². The van der Waals surface area contributed by atoms with E-state index in [1.165, 1.54) is 31.1 Å². The van der Waals surface area contributed by atoms with Crippen molar-refractivity contribution in [1.82, 2.24) is 14.5 Å². The number of rotatable bonds is 9. The molecular weight excluding hydrogens is 452 g/mol. The zero-order valence-electron chi connectivity index (χ0n) is 21.6. The molecule has 194 valence electrons. The van der Waals surface area contributed by atoms with Crippen LogP contribution in [0, 0.1) is 17.3 Å². The first-order valence-electron chi connectivity index (χ1n) is 12.1. The van der Waals surface area contributed by atoms with E-state index in [-0.39, 0.29) is 46.9 Å². The Bertz CT molecular complexity index is 1060. The van der Waals surface area contributed by atoms with Gasteiger partial charge in [0.15, 0.2) is 12.0 Å². The van der Waals surface area contributed by atoms with Crippen molar-refractivity contribution in [2.24, 2.45) is 17.3 Å². The smallest absolute Gasteiger partial charge is 0.228 e. The number of aliphatic hydroxyl groups excluding tert-OH is 2. The number of anilines is 1. The maximum atomic E-state index is 13.4. The van der Waals surface area contributed by atoms with Crippen molar-refractivity contribution >= 4 is 28.5 Å². The van der Waals surface area contributed by atoms with Gasteiger partial charge in [-0.3, -0.25) is 9.59 Å². The lowest BCUT2D eigenvalue weighted by Crippen LogP contribution is -2.33. The number of amides is 1. The van der Waals surface area contributed by atoms with E-state index in [4.69, 9.17) is 9.47 Å². The average molecular weight is 491 g/mol. The summed E-state index contributed by atoms with van der Waals surface area (Å²) in [5, 5.41) is 24.3. The summed E-state index contributed by atoms with van der Waals surface area (Å²) in [5.41, 5.74) is 0.550. The van der Waals surface area contributed by atoms with E-state index in [9.17, 15) is 19.8 Å². The van der Waals surface area contributed by atoms with Gasteiger partial charge in [-0.15, -0.1) is 0 Å². The van der Waals surface area contributed by atoms with E-state index in [0.29, 0.717) is 17.5 Å². The van der Waals surface area contributed by atoms with Crippen LogP contribution in [0.25, 0.3) is 11.0 Å².